The first kappa shape index (κ1) is 13.6. The molecule has 19 heavy (non-hydrogen) atoms. The first-order valence-electron chi connectivity index (χ1n) is 5.31. The molecule has 100 valence electrons. The van der Waals surface area contributed by atoms with E-state index < -0.39 is 6.03 Å². The molecule has 1 aliphatic heterocycles. The lowest BCUT2D eigenvalue weighted by molar-refractivity contribution is -0.118. The van der Waals surface area contributed by atoms with Gasteiger partial charge in [-0.05, 0) is 18.2 Å². The molecule has 8 heteroatoms. The number of likely N-dealkylation sites (N-methyl/N-ethyl adjacent to an activating group) is 1. The Bertz CT molecular complexity index is 554. The summed E-state index contributed by atoms with van der Waals surface area (Å²) in [6.45, 7) is 0.176. The third kappa shape index (κ3) is 3.59. The summed E-state index contributed by atoms with van der Waals surface area (Å²) in [4.78, 5) is 28.0. The molecule has 1 aliphatic rings. The van der Waals surface area contributed by atoms with E-state index >= 15 is 0 Å². The molecule has 0 atom stereocenters. The number of hydrogen-bond donors (Lipinski definition) is 2. The van der Waals surface area contributed by atoms with Gasteiger partial charge in [0, 0.05) is 22.8 Å². The molecule has 0 aliphatic carbocycles. The molecular formula is C11H10Cl2N4O2. The molecule has 0 radical (unpaired) electrons. The van der Waals surface area contributed by atoms with Crippen molar-refractivity contribution in [2.75, 3.05) is 18.9 Å². The van der Waals surface area contributed by atoms with Gasteiger partial charge in [-0.2, -0.15) is 4.99 Å². The Morgan fingerprint density at radius 1 is 1.37 bits per heavy atom. The summed E-state index contributed by atoms with van der Waals surface area (Å²) in [5.74, 6) is -0.00419. The van der Waals surface area contributed by atoms with Crippen LogP contribution in [-0.2, 0) is 4.79 Å². The zero-order chi connectivity index (χ0) is 14.0. The van der Waals surface area contributed by atoms with Gasteiger partial charge in [-0.1, -0.05) is 23.2 Å². The Balaban J connectivity index is 2.09. The first-order valence-corrected chi connectivity index (χ1v) is 6.06. The quantitative estimate of drug-likeness (QED) is 0.832. The number of carbonyl (C=O) groups is 2. The number of urea groups is 1. The molecule has 2 rings (SSSR count). The first-order chi connectivity index (χ1) is 8.94. The second kappa shape index (κ2) is 5.46. The van der Waals surface area contributed by atoms with Crippen molar-refractivity contribution in [3.63, 3.8) is 0 Å². The van der Waals surface area contributed by atoms with Crippen LogP contribution in [0.25, 0.3) is 0 Å². The smallest absolute Gasteiger partial charge is 0.336 e. The highest BCUT2D eigenvalue weighted by Gasteiger charge is 2.22. The van der Waals surface area contributed by atoms with Crippen LogP contribution in [0.1, 0.15) is 0 Å². The fourth-order valence-corrected chi connectivity index (χ4v) is 2.06. The Morgan fingerprint density at radius 2 is 2.00 bits per heavy atom. The maximum Gasteiger partial charge on any atom is 0.348 e. The predicted molar refractivity (Wildman–Crippen MR) is 73.7 cm³/mol. The van der Waals surface area contributed by atoms with Gasteiger partial charge < -0.3 is 10.2 Å². The summed E-state index contributed by atoms with van der Waals surface area (Å²) in [5, 5.41) is 5.79. The molecule has 1 saturated heterocycles. The number of halogens is 2. The zero-order valence-corrected chi connectivity index (χ0v) is 11.4. The number of hydrogen-bond acceptors (Lipinski definition) is 2. The van der Waals surface area contributed by atoms with Crippen LogP contribution in [0.15, 0.2) is 23.2 Å². The van der Waals surface area contributed by atoms with E-state index in [-0.39, 0.29) is 18.4 Å². The number of anilines is 1. The van der Waals surface area contributed by atoms with Gasteiger partial charge in [0.1, 0.15) is 0 Å². The van der Waals surface area contributed by atoms with Crippen LogP contribution < -0.4 is 10.6 Å². The highest BCUT2D eigenvalue weighted by Crippen LogP contribution is 2.22. The fraction of sp³-hybridized carbons (Fsp3) is 0.182. The van der Waals surface area contributed by atoms with Crippen molar-refractivity contribution in [3.8, 4) is 0 Å². The molecular weight excluding hydrogens is 291 g/mol. The van der Waals surface area contributed by atoms with Gasteiger partial charge in [-0.15, -0.1) is 0 Å². The maximum atomic E-state index is 11.7. The lowest BCUT2D eigenvalue weighted by Crippen LogP contribution is -2.29. The Morgan fingerprint density at radius 3 is 2.53 bits per heavy atom. The van der Waals surface area contributed by atoms with E-state index in [2.05, 4.69) is 15.6 Å². The number of guanidine groups is 1. The zero-order valence-electron chi connectivity index (χ0n) is 9.91. The van der Waals surface area contributed by atoms with Crippen molar-refractivity contribution in [2.24, 2.45) is 4.99 Å². The highest BCUT2D eigenvalue weighted by molar-refractivity contribution is 6.35. The molecule has 3 amide bonds. The number of benzene rings is 1. The normalized spacial score (nSPS) is 16.7. The molecule has 1 aromatic carbocycles. The van der Waals surface area contributed by atoms with Crippen LogP contribution in [-0.4, -0.2) is 36.4 Å². The van der Waals surface area contributed by atoms with E-state index in [4.69, 9.17) is 23.2 Å². The van der Waals surface area contributed by atoms with Gasteiger partial charge in [0.15, 0.2) is 0 Å². The lowest BCUT2D eigenvalue weighted by Gasteiger charge is -2.08. The molecule has 6 nitrogen and oxygen atoms in total. The summed E-state index contributed by atoms with van der Waals surface area (Å²) in [5.41, 5.74) is 0.429. The van der Waals surface area contributed by atoms with E-state index in [1.165, 1.54) is 4.90 Å². The number of nitrogens with one attached hydrogen (secondary N) is 2. The maximum absolute atomic E-state index is 11.7. The Hall–Kier alpha value is -1.79. The minimum Gasteiger partial charge on any atom is -0.336 e. The van der Waals surface area contributed by atoms with Crippen LogP contribution in [0.2, 0.25) is 10.0 Å². The fourth-order valence-electron chi connectivity index (χ4n) is 1.54. The average molecular weight is 301 g/mol. The highest BCUT2D eigenvalue weighted by atomic mass is 35.5. The van der Waals surface area contributed by atoms with Gasteiger partial charge in [0.2, 0.25) is 11.9 Å². The predicted octanol–water partition coefficient (Wildman–Crippen LogP) is 1.94. The van der Waals surface area contributed by atoms with Crippen LogP contribution in [0, 0.1) is 0 Å². The molecule has 1 heterocycles. The van der Waals surface area contributed by atoms with Gasteiger partial charge in [-0.3, -0.25) is 10.1 Å². The van der Waals surface area contributed by atoms with E-state index in [0.29, 0.717) is 15.7 Å². The Labute approximate surface area is 119 Å². The molecule has 2 N–H and O–H groups in total. The molecule has 1 aromatic rings. The topological polar surface area (TPSA) is 73.8 Å². The standard InChI is InChI=1S/C11H10Cl2N4O2/c1-17-5-9(18)15-10(17)16-11(19)14-8-3-6(12)2-7(13)4-8/h2-4H,5H2,1H3,(H2,14,15,16,18,19). The number of aliphatic imine (C=N–C) groups is 1. The molecule has 1 fully saturated rings. The van der Waals surface area contributed by atoms with Crippen LogP contribution in [0.4, 0.5) is 10.5 Å². The number of carbonyl (C=O) groups excluding carboxylic acids is 2. The van der Waals surface area contributed by atoms with Gasteiger partial charge in [-0.25, -0.2) is 4.79 Å². The summed E-state index contributed by atoms with van der Waals surface area (Å²) in [7, 11) is 1.65. The van der Waals surface area contributed by atoms with Crippen molar-refractivity contribution in [3.05, 3.63) is 28.2 Å². The molecule has 0 spiro atoms. The van der Waals surface area contributed by atoms with Crippen molar-refractivity contribution in [1.29, 1.82) is 0 Å². The summed E-state index contributed by atoms with van der Waals surface area (Å²) in [6.07, 6.45) is 0. The molecule has 0 saturated carbocycles. The third-order valence-electron chi connectivity index (χ3n) is 2.31. The second-order valence-corrected chi connectivity index (χ2v) is 4.80. The summed E-state index contributed by atoms with van der Waals surface area (Å²) >= 11 is 11.6. The minimum absolute atomic E-state index is 0.176. The minimum atomic E-state index is -0.623. The SMILES string of the molecule is CN1CC(=O)NC1=NC(=O)Nc1cc(Cl)cc(Cl)c1. The van der Waals surface area contributed by atoms with Crippen molar-refractivity contribution < 1.29 is 9.59 Å². The number of rotatable bonds is 1. The number of amides is 3. The third-order valence-corrected chi connectivity index (χ3v) is 2.75. The van der Waals surface area contributed by atoms with E-state index in [1.807, 2.05) is 0 Å². The molecule has 0 aromatic heterocycles. The molecule has 0 unspecified atom stereocenters. The summed E-state index contributed by atoms with van der Waals surface area (Å²) in [6, 6.07) is 4.02. The van der Waals surface area contributed by atoms with Gasteiger partial charge in [0.25, 0.3) is 0 Å². The number of nitrogens with zero attached hydrogens (tertiary/aromatic N) is 2. The monoisotopic (exact) mass is 300 g/mol. The Kier molecular flexibility index (Phi) is 3.92. The van der Waals surface area contributed by atoms with E-state index in [9.17, 15) is 9.59 Å². The van der Waals surface area contributed by atoms with Gasteiger partial charge >= 0.3 is 6.03 Å². The van der Waals surface area contributed by atoms with Crippen LogP contribution >= 0.6 is 23.2 Å². The van der Waals surface area contributed by atoms with Crippen molar-refractivity contribution in [2.45, 2.75) is 0 Å². The second-order valence-electron chi connectivity index (χ2n) is 3.93. The van der Waals surface area contributed by atoms with Crippen LogP contribution in [0.3, 0.4) is 0 Å². The molecule has 0 bridgehead atoms. The van der Waals surface area contributed by atoms with Crippen molar-refractivity contribution >= 4 is 46.8 Å². The average Bonchev–Trinajstić information content (AvgIpc) is 2.55. The largest absolute Gasteiger partial charge is 0.348 e. The van der Waals surface area contributed by atoms with Crippen molar-refractivity contribution in [1.82, 2.24) is 10.2 Å². The van der Waals surface area contributed by atoms with E-state index in [1.54, 1.807) is 25.2 Å². The summed E-state index contributed by atoms with van der Waals surface area (Å²) < 4.78 is 0. The van der Waals surface area contributed by atoms with Crippen LogP contribution in [0.5, 0.6) is 0 Å². The van der Waals surface area contributed by atoms with E-state index in [0.717, 1.165) is 0 Å². The van der Waals surface area contributed by atoms with Gasteiger partial charge in [0.05, 0.1) is 6.54 Å². The lowest BCUT2D eigenvalue weighted by atomic mass is 10.3.